The summed E-state index contributed by atoms with van der Waals surface area (Å²) in [5.41, 5.74) is 9.89. The van der Waals surface area contributed by atoms with Gasteiger partial charge in [0.1, 0.15) is 17.3 Å². The van der Waals surface area contributed by atoms with Crippen LogP contribution in [-0.2, 0) is 50.6 Å². The average Bonchev–Trinajstić information content (AvgIpc) is 0.725. The molecule has 0 aliphatic carbocycles. The van der Waals surface area contributed by atoms with Crippen molar-refractivity contribution in [3.05, 3.63) is 167 Å². The number of aryl methyl sites for hydroxylation is 1. The second-order valence-electron chi connectivity index (χ2n) is 30.1. The molecule has 0 saturated heterocycles. The Bertz CT molecular complexity index is 4460. The Labute approximate surface area is 547 Å². The molecule has 7 heteroatoms. The van der Waals surface area contributed by atoms with Gasteiger partial charge in [-0.2, -0.15) is 0 Å². The quantitative estimate of drug-likeness (QED) is 0.0568. The van der Waals surface area contributed by atoms with Crippen LogP contribution in [0.15, 0.2) is 127 Å². The molecule has 12 rings (SSSR count). The van der Waals surface area contributed by atoms with E-state index in [0.717, 1.165) is 157 Å². The van der Waals surface area contributed by atoms with E-state index in [9.17, 15) is 9.90 Å². The Hall–Kier alpha value is -6.92. The number of ether oxygens (including phenoxy) is 2. The first kappa shape index (κ1) is 63.6. The van der Waals surface area contributed by atoms with E-state index in [-0.39, 0.29) is 77.0 Å². The van der Waals surface area contributed by atoms with Crippen LogP contribution in [0, 0.1) is 52.0 Å². The van der Waals surface area contributed by atoms with Crippen molar-refractivity contribution in [1.29, 1.82) is 0 Å². The van der Waals surface area contributed by atoms with Crippen LogP contribution in [-0.4, -0.2) is 20.9 Å². The van der Waals surface area contributed by atoms with Gasteiger partial charge in [0.25, 0.3) is 0 Å². The van der Waals surface area contributed by atoms with Crippen LogP contribution in [0.3, 0.4) is 0 Å². The molecular formula is C82H94IrN2O4-2. The summed E-state index contributed by atoms with van der Waals surface area (Å²) in [6, 6.07) is 43.7. The van der Waals surface area contributed by atoms with Crippen molar-refractivity contribution in [2.45, 2.75) is 182 Å². The molecule has 2 aromatic heterocycles. The molecule has 1 N–H and O–H groups in total. The summed E-state index contributed by atoms with van der Waals surface area (Å²) in [5, 5.41) is 23.2. The standard InChI is InChI=1S/C34H34NO.C33H32NO.C15H28O2.Ir/c1-20-8-10-25-22(14-20)16-27-31-30-26(12-13-35-31)24-11-9-21(18-33(2,3)4)15-23(24)17-29(30)36-32(27)28(25)19-34(5,6)7;1-32(2,3)18-20-11-12-24-22(15-20)17-28-29-25(24)13-14-34-30(29)26-16-21-9-7-8-10-23(21)27(31(26)35-28)19-33(4,5)6;1-6-12(7-2)13(16)11-14(17)15(8-3,9-4)10-5;/h8-15,17H,18-19H2,1-7H3;7-15,17H,18-19H2,1-6H3;11-12,17H,6-10H2,1-5H3;/q2*-1;;/b;;14-11-;/i13D;14D;;. The molecule has 4 heterocycles. The molecule has 1 radical (unpaired) electrons. The summed E-state index contributed by atoms with van der Waals surface area (Å²) < 4.78 is 30.8. The molecule has 6 nitrogen and oxygen atoms in total. The zero-order valence-corrected chi connectivity index (χ0v) is 58.6. The van der Waals surface area contributed by atoms with Gasteiger partial charge in [0.15, 0.2) is 5.78 Å². The Morgan fingerprint density at radius 3 is 1.40 bits per heavy atom. The van der Waals surface area contributed by atoms with Crippen LogP contribution < -0.4 is 9.47 Å². The Morgan fingerprint density at radius 2 is 0.966 bits per heavy atom. The van der Waals surface area contributed by atoms with Gasteiger partial charge >= 0.3 is 0 Å². The van der Waals surface area contributed by atoms with Crippen LogP contribution in [0.1, 0.15) is 180 Å². The molecule has 0 amide bonds. The van der Waals surface area contributed by atoms with Crippen molar-refractivity contribution in [3.8, 4) is 45.5 Å². The van der Waals surface area contributed by atoms with Crippen molar-refractivity contribution in [2.75, 3.05) is 0 Å². The topological polar surface area (TPSA) is 81.5 Å². The van der Waals surface area contributed by atoms with Gasteiger partial charge in [0.05, 0.1) is 14.2 Å². The third-order valence-electron chi connectivity index (χ3n) is 18.0. The summed E-state index contributed by atoms with van der Waals surface area (Å²) in [5.74, 6) is 3.72. The summed E-state index contributed by atoms with van der Waals surface area (Å²) in [4.78, 5) is 21.5. The van der Waals surface area contributed by atoms with Crippen LogP contribution >= 0.6 is 0 Å². The molecule has 0 bridgehead atoms. The molecule has 0 spiro atoms. The van der Waals surface area contributed by atoms with E-state index in [0.29, 0.717) is 0 Å². The van der Waals surface area contributed by atoms with E-state index in [1.54, 1.807) is 0 Å². The molecule has 2 aliphatic rings. The minimum atomic E-state index is -0.207. The van der Waals surface area contributed by atoms with E-state index in [1.165, 1.54) is 44.7 Å². The average molecular weight is 1370 g/mol. The molecule has 0 saturated carbocycles. The predicted molar refractivity (Wildman–Crippen MR) is 373 cm³/mol. The zero-order chi connectivity index (χ0) is 65.2. The number of aliphatic hydroxyl groups is 1. The summed E-state index contributed by atoms with van der Waals surface area (Å²) in [6.45, 7) is 39.5. The molecule has 0 atom stereocenters. The van der Waals surface area contributed by atoms with Crippen molar-refractivity contribution in [1.82, 2.24) is 9.97 Å². The zero-order valence-electron chi connectivity index (χ0n) is 58.2. The minimum Gasteiger partial charge on any atom is -0.512 e. The minimum absolute atomic E-state index is 0. The third-order valence-corrected chi connectivity index (χ3v) is 18.0. The number of carbonyl (C=O) groups excluding carboxylic acids is 1. The van der Waals surface area contributed by atoms with E-state index >= 15 is 0 Å². The van der Waals surface area contributed by atoms with Gasteiger partial charge in [-0.25, -0.2) is 0 Å². The van der Waals surface area contributed by atoms with E-state index in [1.807, 2.05) is 26.0 Å². The van der Waals surface area contributed by atoms with Crippen LogP contribution in [0.5, 0.6) is 23.0 Å². The number of carbonyl (C=O) groups is 1. The SMILES string of the molecule is CCC(CC)C(=O)/C=C(\O)C(CC)(CC)CC.[2H]c1cc2c3c(cc4cc(CC(C)(C)C)ccc42)Oc2c([c-]c4cc(C)ccc4c2CC(C)(C)C)-c3n1.[2H]c1cc2c3c(cc4cc(CC(C)(C)C)ccc42)Oc2c([c-]c4ccccc4c2CC(C)(C)C)-c3n1.[Ir]. The van der Waals surface area contributed by atoms with Gasteiger partial charge in [-0.05, 0) is 154 Å². The number of aliphatic hydroxyl groups excluding tert-OH is 1. The third kappa shape index (κ3) is 14.0. The monoisotopic (exact) mass is 1370 g/mol. The first-order valence-corrected chi connectivity index (χ1v) is 32.3. The molecule has 8 aromatic carbocycles. The van der Waals surface area contributed by atoms with Gasteiger partial charge in [0, 0.05) is 72.0 Å². The van der Waals surface area contributed by atoms with Crippen LogP contribution in [0.4, 0.5) is 0 Å². The number of ketones is 1. The van der Waals surface area contributed by atoms with Gasteiger partial charge in [-0.1, -0.05) is 223 Å². The van der Waals surface area contributed by atoms with Crippen molar-refractivity contribution in [2.24, 2.45) is 33.0 Å². The van der Waals surface area contributed by atoms with E-state index in [4.69, 9.17) is 22.2 Å². The molecule has 0 unspecified atom stereocenters. The van der Waals surface area contributed by atoms with Crippen molar-refractivity contribution < 1.29 is 42.2 Å². The second kappa shape index (κ2) is 25.8. The number of fused-ring (bicyclic) bond motifs is 10. The molecule has 89 heavy (non-hydrogen) atoms. The Morgan fingerprint density at radius 1 is 0.539 bits per heavy atom. The number of hydrogen-bond donors (Lipinski definition) is 1. The Kier molecular flexibility index (Phi) is 18.4. The maximum atomic E-state index is 12.0. The maximum Gasteiger partial charge on any atom is 0.162 e. The number of aromatic nitrogens is 2. The van der Waals surface area contributed by atoms with Gasteiger partial charge in [0.2, 0.25) is 0 Å². The van der Waals surface area contributed by atoms with Gasteiger partial charge in [-0.15, -0.1) is 35.0 Å². The normalized spacial score (nSPS) is 13.4. The van der Waals surface area contributed by atoms with E-state index in [2.05, 4.69) is 214 Å². The number of rotatable bonds is 12. The van der Waals surface area contributed by atoms with Crippen molar-refractivity contribution in [3.63, 3.8) is 0 Å². The van der Waals surface area contributed by atoms with Gasteiger partial charge < -0.3 is 14.6 Å². The smallest absolute Gasteiger partial charge is 0.162 e. The van der Waals surface area contributed by atoms with Crippen LogP contribution in [0.2, 0.25) is 0 Å². The summed E-state index contributed by atoms with van der Waals surface area (Å²) in [6.07, 6.45) is 10.1. The molecular weight excluding hydrogens is 1270 g/mol. The fraction of sp³-hybridized carbons (Fsp3) is 0.402. The molecule has 2 aliphatic heterocycles. The first-order valence-electron chi connectivity index (χ1n) is 33.3. The number of nitrogens with zero attached hydrogens (tertiary/aromatic N) is 2. The summed E-state index contributed by atoms with van der Waals surface area (Å²) >= 11 is 0. The number of hydrogen-bond acceptors (Lipinski definition) is 6. The summed E-state index contributed by atoms with van der Waals surface area (Å²) in [7, 11) is 0. The maximum absolute atomic E-state index is 12.0. The largest absolute Gasteiger partial charge is 0.512 e. The van der Waals surface area contributed by atoms with Gasteiger partial charge in [-0.3, -0.25) is 14.8 Å². The van der Waals surface area contributed by atoms with Crippen LogP contribution in [0.25, 0.3) is 87.1 Å². The molecule has 0 fully saturated rings. The number of allylic oxidation sites excluding steroid dienone is 2. The second-order valence-corrected chi connectivity index (χ2v) is 30.1. The first-order chi connectivity index (χ1) is 42.3. The fourth-order valence-corrected chi connectivity index (χ4v) is 13.5. The fourth-order valence-electron chi connectivity index (χ4n) is 13.5. The predicted octanol–water partition coefficient (Wildman–Crippen LogP) is 23.5. The number of pyridine rings is 2. The molecule has 467 valence electrons. The number of benzene rings is 8. The van der Waals surface area contributed by atoms with E-state index < -0.39 is 0 Å². The molecule has 10 aromatic rings. The Balaban J connectivity index is 0.000000172. The van der Waals surface area contributed by atoms with Crippen molar-refractivity contribution >= 4 is 70.4 Å².